The molecule has 0 spiro atoms. The molecule has 0 aromatic heterocycles. The second kappa shape index (κ2) is 24.6. The van der Waals surface area contributed by atoms with Gasteiger partial charge in [-0.05, 0) is 68.2 Å². The number of phosphoric acid groups is 2. The van der Waals surface area contributed by atoms with Gasteiger partial charge < -0.3 is 70.7 Å². The Morgan fingerprint density at radius 1 is 0.649 bits per heavy atom. The summed E-state index contributed by atoms with van der Waals surface area (Å²) in [7, 11) is 13.2. The third kappa shape index (κ3) is 19.4. The maximum Gasteiger partial charge on any atom is 0.268 e. The Labute approximate surface area is 354 Å². The van der Waals surface area contributed by atoms with Gasteiger partial charge in [0, 0.05) is 39.8 Å². The van der Waals surface area contributed by atoms with Gasteiger partial charge in [0.2, 0.25) is 0 Å². The van der Waals surface area contributed by atoms with Gasteiger partial charge in [0.1, 0.15) is 55.8 Å². The van der Waals surface area contributed by atoms with Crippen LogP contribution in [0.1, 0.15) is 75.7 Å². The summed E-state index contributed by atoms with van der Waals surface area (Å²) in [4.78, 5) is 33.0. The molecule has 57 heavy (non-hydrogen) atoms. The fourth-order valence-electron chi connectivity index (χ4n) is 6.08. The van der Waals surface area contributed by atoms with E-state index in [-0.39, 0.29) is 76.0 Å². The van der Waals surface area contributed by atoms with Gasteiger partial charge in [-0.25, -0.2) is 0 Å². The number of hydrogen-bond acceptors (Lipinski definition) is 18. The van der Waals surface area contributed by atoms with Crippen LogP contribution < -0.4 is 14.7 Å². The Bertz CT molecular complexity index is 1260. The van der Waals surface area contributed by atoms with E-state index >= 15 is 0 Å². The predicted molar refractivity (Wildman–Crippen MR) is 216 cm³/mol. The van der Waals surface area contributed by atoms with Crippen LogP contribution in [-0.2, 0) is 60.6 Å². The molecule has 0 amide bonds. The Balaban J connectivity index is 0.000000325. The minimum Gasteiger partial charge on any atom is -0.790 e. The molecular formula is C33H59B4O16P2S2-3. The minimum atomic E-state index is -4.98. The van der Waals surface area contributed by atoms with Crippen LogP contribution >= 0.6 is 40.0 Å². The molecule has 0 N–H and O–H groups in total. The number of phosphoric ester groups is 2. The Morgan fingerprint density at radius 2 is 1.11 bits per heavy atom. The summed E-state index contributed by atoms with van der Waals surface area (Å²) in [6.45, 7) is 15.4. The third-order valence-electron chi connectivity index (χ3n) is 8.54. The van der Waals surface area contributed by atoms with Crippen LogP contribution in [-0.4, -0.2) is 165 Å². The molecule has 0 bridgehead atoms. The molecule has 16 nitrogen and oxygen atoms in total. The van der Waals surface area contributed by atoms with Crippen molar-refractivity contribution in [1.82, 2.24) is 0 Å². The van der Waals surface area contributed by atoms with Crippen molar-refractivity contribution < 1.29 is 75.3 Å². The van der Waals surface area contributed by atoms with Gasteiger partial charge >= 0.3 is 0 Å². The second-order valence-corrected chi connectivity index (χ2v) is 19.5. The molecule has 5 heterocycles. The summed E-state index contributed by atoms with van der Waals surface area (Å²) in [6, 6.07) is -1.89. The van der Waals surface area contributed by atoms with E-state index in [1.54, 1.807) is 0 Å². The number of rotatable bonds is 18. The molecule has 324 valence electrons. The number of fused-ring (bicyclic) bond motifs is 1. The van der Waals surface area contributed by atoms with Gasteiger partial charge in [0.15, 0.2) is 0 Å². The molecule has 5 unspecified atom stereocenters. The standard InChI is InChI=1S/C16H29B2O8PS.C8H16BO6P.C8H13BO2S.CH4/c1-8(2)21-6-12-14(15(28)16(18)25-12)26-27(19,20)22-7-11-10(23-9(3)4)5-13(17)24-11;1-5(2)14-6-3-8(9)15-7(6)4-13-16(10,11)12;1-4(2)10-3-5-6-7(12-6)8(9)11-5;/h8-16,28H,5-7H2,1-4H3,(H,19,20);5-8H,3-4H2,1-2H3,(H2,10,11,12);4-8H,3H2,1-2H3;1H4/p-3/t10?,11-,12-,13-,14?,15-,16-;6?,7-,8-;5-,6?,7-,8-;/m111./s1. The van der Waals surface area contributed by atoms with Crippen molar-refractivity contribution in [3.63, 3.8) is 0 Å². The normalized spacial score (nSPS) is 37.1. The van der Waals surface area contributed by atoms with Crippen molar-refractivity contribution in [2.24, 2.45) is 0 Å². The predicted octanol–water partition coefficient (Wildman–Crippen LogP) is 0.884. The summed E-state index contributed by atoms with van der Waals surface area (Å²) in [5.41, 5.74) is 0. The highest BCUT2D eigenvalue weighted by atomic mass is 32.2. The first kappa shape index (κ1) is 54.0. The lowest BCUT2D eigenvalue weighted by Gasteiger charge is -2.31. The molecule has 0 saturated carbocycles. The monoisotopic (exact) mass is 881 g/mol. The molecule has 5 aliphatic rings. The zero-order chi connectivity index (χ0) is 42.1. The maximum absolute atomic E-state index is 12.4. The van der Waals surface area contributed by atoms with Crippen molar-refractivity contribution in [3.05, 3.63) is 0 Å². The lowest BCUT2D eigenvalue weighted by Crippen LogP contribution is -2.37. The van der Waals surface area contributed by atoms with Gasteiger partial charge in [-0.3, -0.25) is 4.57 Å². The van der Waals surface area contributed by atoms with Gasteiger partial charge in [-0.2, -0.15) is 12.6 Å². The van der Waals surface area contributed by atoms with Gasteiger partial charge in [0.05, 0.1) is 77.0 Å². The first-order valence-electron chi connectivity index (χ1n) is 18.8. The quantitative estimate of drug-likeness (QED) is 0.0879. The molecule has 0 aliphatic carbocycles. The van der Waals surface area contributed by atoms with Crippen LogP contribution in [0.15, 0.2) is 0 Å². The molecule has 8 radical (unpaired) electrons. The fraction of sp³-hybridized carbons (Fsp3) is 1.00. The maximum atomic E-state index is 12.4. The molecule has 0 aromatic carbocycles. The van der Waals surface area contributed by atoms with E-state index in [9.17, 15) is 23.8 Å². The van der Waals surface area contributed by atoms with E-state index in [0.29, 0.717) is 29.9 Å². The summed E-state index contributed by atoms with van der Waals surface area (Å²) < 4.78 is 81.0. The Kier molecular flexibility index (Phi) is 23.3. The molecular weight excluding hydrogens is 822 g/mol. The molecule has 5 rings (SSSR count). The molecule has 15 atom stereocenters. The van der Waals surface area contributed by atoms with Crippen LogP contribution in [0, 0.1) is 0 Å². The summed E-state index contributed by atoms with van der Waals surface area (Å²) >= 11 is 6.23. The van der Waals surface area contributed by atoms with E-state index in [1.165, 1.54) is 0 Å². The van der Waals surface area contributed by atoms with Crippen LogP contribution in [0.5, 0.6) is 0 Å². The Morgan fingerprint density at radius 3 is 1.51 bits per heavy atom. The molecule has 5 fully saturated rings. The molecule has 0 aromatic rings. The highest BCUT2D eigenvalue weighted by molar-refractivity contribution is 8.08. The van der Waals surface area contributed by atoms with Crippen molar-refractivity contribution in [2.75, 3.05) is 26.4 Å². The first-order chi connectivity index (χ1) is 25.9. The zero-order valence-corrected chi connectivity index (χ0v) is 36.7. The number of thiol groups is 1. The first-order valence-corrected chi connectivity index (χ1v) is 23.1. The van der Waals surface area contributed by atoms with Crippen molar-refractivity contribution in [1.29, 1.82) is 0 Å². The van der Waals surface area contributed by atoms with Crippen LogP contribution in [0.3, 0.4) is 0 Å². The van der Waals surface area contributed by atoms with Crippen molar-refractivity contribution >= 4 is 71.4 Å². The SMILES string of the molecule is C.[B][C@@H]1O[C@H](COC(C)C)C(OP(=O)([O-])OC[C@H]2O[C@@H]([B])CC2OC(C)C)[C@H]1S.[B][C@@H]1O[C@H](COC(C)C)C2S[C@H]21.[B][C@H]1CC(OC(C)C)[C@@H](COP(=O)([O-])[O-])O1. The van der Waals surface area contributed by atoms with E-state index in [0.717, 1.165) is 0 Å². The smallest absolute Gasteiger partial charge is 0.268 e. The molecule has 5 aliphatic heterocycles. The Hall–Kier alpha value is 0.860. The van der Waals surface area contributed by atoms with Crippen LogP contribution in [0.2, 0.25) is 0 Å². The van der Waals surface area contributed by atoms with E-state index in [4.69, 9.17) is 78.3 Å². The number of ether oxygens (including phenoxy) is 8. The molecule has 5 saturated heterocycles. The topological polar surface area (TPSA) is 205 Å². The van der Waals surface area contributed by atoms with E-state index in [1.807, 2.05) is 67.2 Å². The van der Waals surface area contributed by atoms with Crippen LogP contribution in [0.25, 0.3) is 0 Å². The lowest BCUT2D eigenvalue weighted by molar-refractivity contribution is -0.343. The van der Waals surface area contributed by atoms with Crippen LogP contribution in [0.4, 0.5) is 0 Å². The van der Waals surface area contributed by atoms with E-state index in [2.05, 4.69) is 17.2 Å². The second-order valence-electron chi connectivity index (χ2n) is 15.0. The van der Waals surface area contributed by atoms with Gasteiger partial charge in [-0.15, -0.1) is 11.8 Å². The summed E-state index contributed by atoms with van der Waals surface area (Å²) in [6.07, 6.45) is -2.28. The highest BCUT2D eigenvalue weighted by Crippen LogP contribution is 2.52. The van der Waals surface area contributed by atoms with E-state index < -0.39 is 63.3 Å². The van der Waals surface area contributed by atoms with Crippen molar-refractivity contribution in [2.45, 2.75) is 183 Å². The largest absolute Gasteiger partial charge is 0.790 e. The lowest BCUT2D eigenvalue weighted by atomic mass is 9.95. The van der Waals surface area contributed by atoms with Gasteiger partial charge in [-0.1, -0.05) is 7.43 Å². The van der Waals surface area contributed by atoms with Gasteiger partial charge in [0.25, 0.3) is 7.82 Å². The summed E-state index contributed by atoms with van der Waals surface area (Å²) in [5, 5.41) is 0.504. The number of hydrogen-bond donors (Lipinski definition) is 1. The zero-order valence-electron chi connectivity index (χ0n) is 33.2. The average Bonchev–Trinajstić information content (AvgIpc) is 3.43. The average molecular weight is 881 g/mol. The number of thioether (sulfide) groups is 1. The summed E-state index contributed by atoms with van der Waals surface area (Å²) in [5.74, 6) is 0. The van der Waals surface area contributed by atoms with Crippen molar-refractivity contribution in [3.8, 4) is 0 Å². The highest BCUT2D eigenvalue weighted by Gasteiger charge is 2.54. The fourth-order valence-corrected chi connectivity index (χ4v) is 8.92. The molecule has 24 heteroatoms. The third-order valence-corrected chi connectivity index (χ3v) is 12.0. The minimum absolute atomic E-state index is 0.